The molecule has 7 heteroatoms. The van der Waals surface area contributed by atoms with E-state index in [1.54, 1.807) is 14.2 Å². The molecule has 0 spiro atoms. The first-order valence-corrected chi connectivity index (χ1v) is 10.6. The van der Waals surface area contributed by atoms with Crippen molar-refractivity contribution < 1.29 is 9.47 Å². The number of rotatable bonds is 4. The first-order valence-electron chi connectivity index (χ1n) is 10.2. The maximum absolute atomic E-state index is 5.72. The predicted molar refractivity (Wildman–Crippen MR) is 125 cm³/mol. The minimum Gasteiger partial charge on any atom is -0.497 e. The molecule has 0 saturated carbocycles. The molecule has 1 aliphatic heterocycles. The lowest BCUT2D eigenvalue weighted by Crippen LogP contribution is -2.41. The van der Waals surface area contributed by atoms with Crippen LogP contribution in [-0.2, 0) is 0 Å². The number of benzene rings is 2. The summed E-state index contributed by atoms with van der Waals surface area (Å²) in [6, 6.07) is 10.0. The molecular formula is C23H28N4O2S. The molecule has 1 unspecified atom stereocenters. The van der Waals surface area contributed by atoms with Gasteiger partial charge in [0.2, 0.25) is 0 Å². The molecule has 0 amide bonds. The summed E-state index contributed by atoms with van der Waals surface area (Å²) in [6.07, 6.45) is 2.17. The molecule has 1 saturated heterocycles. The van der Waals surface area contributed by atoms with Crippen LogP contribution in [0.5, 0.6) is 11.5 Å². The van der Waals surface area contributed by atoms with Crippen LogP contribution in [0.3, 0.4) is 0 Å². The molecule has 0 radical (unpaired) electrons. The fourth-order valence-electron chi connectivity index (χ4n) is 3.96. The van der Waals surface area contributed by atoms with E-state index in [0.717, 1.165) is 54.2 Å². The highest BCUT2D eigenvalue weighted by molar-refractivity contribution is 7.80. The van der Waals surface area contributed by atoms with E-state index in [1.165, 1.54) is 11.1 Å². The van der Waals surface area contributed by atoms with E-state index in [0.29, 0.717) is 16.8 Å². The van der Waals surface area contributed by atoms with Gasteiger partial charge in [0, 0.05) is 25.1 Å². The van der Waals surface area contributed by atoms with E-state index in [-0.39, 0.29) is 0 Å². The molecular weight excluding hydrogens is 396 g/mol. The number of thiocarbonyl (C=S) groups is 1. The lowest BCUT2D eigenvalue weighted by molar-refractivity contribution is 0.306. The molecule has 2 N–H and O–H groups in total. The van der Waals surface area contributed by atoms with Gasteiger partial charge >= 0.3 is 0 Å². The fourth-order valence-corrected chi connectivity index (χ4v) is 4.24. The van der Waals surface area contributed by atoms with Crippen molar-refractivity contribution in [3.63, 3.8) is 0 Å². The first-order chi connectivity index (χ1) is 14.5. The molecule has 30 heavy (non-hydrogen) atoms. The highest BCUT2D eigenvalue weighted by Crippen LogP contribution is 2.31. The molecule has 158 valence electrons. The minimum atomic E-state index is 0.323. The van der Waals surface area contributed by atoms with Gasteiger partial charge in [-0.15, -0.1) is 0 Å². The zero-order valence-electron chi connectivity index (χ0n) is 17.9. The summed E-state index contributed by atoms with van der Waals surface area (Å²) in [7, 11) is 3.28. The second kappa shape index (κ2) is 8.52. The van der Waals surface area contributed by atoms with Crippen molar-refractivity contribution in [2.24, 2.45) is 0 Å². The number of fused-ring (bicyclic) bond motifs is 1. The summed E-state index contributed by atoms with van der Waals surface area (Å²) < 4.78 is 10.8. The molecule has 1 aliphatic rings. The third-order valence-corrected chi connectivity index (χ3v) is 6.22. The predicted octanol–water partition coefficient (Wildman–Crippen LogP) is 4.77. The Morgan fingerprint density at radius 3 is 2.73 bits per heavy atom. The molecule has 3 aromatic rings. The van der Waals surface area contributed by atoms with Crippen LogP contribution in [0, 0.1) is 13.8 Å². The molecule has 2 heterocycles. The lowest BCUT2D eigenvalue weighted by atomic mass is 9.98. The van der Waals surface area contributed by atoms with Crippen molar-refractivity contribution in [3.8, 4) is 11.5 Å². The number of imidazole rings is 1. The zero-order valence-corrected chi connectivity index (χ0v) is 18.7. The van der Waals surface area contributed by atoms with Gasteiger partial charge < -0.3 is 24.7 Å². The molecule has 1 aromatic heterocycles. The number of nitrogens with one attached hydrogen (secondary N) is 2. The maximum Gasteiger partial charge on any atom is 0.173 e. The third kappa shape index (κ3) is 4.07. The number of hydrogen-bond acceptors (Lipinski definition) is 4. The van der Waals surface area contributed by atoms with Gasteiger partial charge in [-0.05, 0) is 74.3 Å². The number of aryl methyl sites for hydroxylation is 2. The maximum atomic E-state index is 5.72. The molecule has 2 aromatic carbocycles. The molecule has 0 bridgehead atoms. The molecule has 4 rings (SSSR count). The van der Waals surface area contributed by atoms with E-state index >= 15 is 0 Å². The van der Waals surface area contributed by atoms with Crippen molar-refractivity contribution in [2.45, 2.75) is 32.6 Å². The Morgan fingerprint density at radius 2 is 1.97 bits per heavy atom. The van der Waals surface area contributed by atoms with Crippen molar-refractivity contribution in [3.05, 3.63) is 47.3 Å². The number of H-pyrrole nitrogens is 1. The number of methoxy groups -OCH3 is 2. The van der Waals surface area contributed by atoms with Crippen LogP contribution in [0.2, 0.25) is 0 Å². The average Bonchev–Trinajstić information content (AvgIpc) is 3.17. The Labute approximate surface area is 182 Å². The number of likely N-dealkylation sites (tertiary alicyclic amines) is 1. The van der Waals surface area contributed by atoms with E-state index in [2.05, 4.69) is 41.2 Å². The van der Waals surface area contributed by atoms with Gasteiger partial charge in [-0.3, -0.25) is 0 Å². The summed E-state index contributed by atoms with van der Waals surface area (Å²) >= 11 is 5.72. The van der Waals surface area contributed by atoms with Crippen LogP contribution in [0.25, 0.3) is 11.0 Å². The second-order valence-corrected chi connectivity index (χ2v) is 8.24. The van der Waals surface area contributed by atoms with E-state index in [1.807, 2.05) is 18.2 Å². The van der Waals surface area contributed by atoms with Crippen molar-refractivity contribution in [1.29, 1.82) is 0 Å². The molecule has 0 aliphatic carbocycles. The molecule has 1 fully saturated rings. The Hall–Kier alpha value is -2.80. The highest BCUT2D eigenvalue weighted by Gasteiger charge is 2.26. The average molecular weight is 425 g/mol. The van der Waals surface area contributed by atoms with Gasteiger partial charge in [-0.25, -0.2) is 4.98 Å². The van der Waals surface area contributed by atoms with Crippen LogP contribution in [0.15, 0.2) is 30.3 Å². The quantitative estimate of drug-likeness (QED) is 0.588. The summed E-state index contributed by atoms with van der Waals surface area (Å²) in [6.45, 7) is 6.03. The normalized spacial score (nSPS) is 16.5. The minimum absolute atomic E-state index is 0.323. The van der Waals surface area contributed by atoms with Crippen LogP contribution >= 0.6 is 12.2 Å². The lowest BCUT2D eigenvalue weighted by Gasteiger charge is -2.34. The van der Waals surface area contributed by atoms with Gasteiger partial charge in [0.1, 0.15) is 17.3 Å². The zero-order chi connectivity index (χ0) is 21.3. The summed E-state index contributed by atoms with van der Waals surface area (Å²) in [5.41, 5.74) is 5.52. The van der Waals surface area contributed by atoms with Crippen LogP contribution < -0.4 is 14.8 Å². The van der Waals surface area contributed by atoms with Crippen molar-refractivity contribution in [1.82, 2.24) is 14.9 Å². The molecule has 6 nitrogen and oxygen atoms in total. The van der Waals surface area contributed by atoms with Gasteiger partial charge in [-0.1, -0.05) is 0 Å². The van der Waals surface area contributed by atoms with Gasteiger partial charge in [-0.2, -0.15) is 0 Å². The number of aromatic amines is 1. The van der Waals surface area contributed by atoms with Crippen LogP contribution in [0.1, 0.15) is 35.7 Å². The van der Waals surface area contributed by atoms with Gasteiger partial charge in [0.15, 0.2) is 5.11 Å². The van der Waals surface area contributed by atoms with Gasteiger partial charge in [0.05, 0.1) is 30.9 Å². The first kappa shape index (κ1) is 20.5. The van der Waals surface area contributed by atoms with E-state index in [9.17, 15) is 0 Å². The van der Waals surface area contributed by atoms with E-state index in [4.69, 9.17) is 26.7 Å². The van der Waals surface area contributed by atoms with Gasteiger partial charge in [0.25, 0.3) is 0 Å². The highest BCUT2D eigenvalue weighted by atomic mass is 32.1. The van der Waals surface area contributed by atoms with Crippen molar-refractivity contribution >= 4 is 34.1 Å². The SMILES string of the molecule is COc1ccc(NC(=S)N2CCCC(c3nc4cc(C)c(C)cc4[nH]3)C2)c(OC)c1. The summed E-state index contributed by atoms with van der Waals surface area (Å²) in [5, 5.41) is 4.04. The largest absolute Gasteiger partial charge is 0.497 e. The monoisotopic (exact) mass is 424 g/mol. The summed E-state index contributed by atoms with van der Waals surface area (Å²) in [5.74, 6) is 2.82. The van der Waals surface area contributed by atoms with Crippen LogP contribution in [-0.4, -0.2) is 47.3 Å². The van der Waals surface area contributed by atoms with Crippen LogP contribution in [0.4, 0.5) is 5.69 Å². The standard InChI is InChI=1S/C23H28N4O2S/c1-14-10-19-20(11-15(14)2)25-22(24-19)16-6-5-9-27(13-16)23(30)26-18-8-7-17(28-3)12-21(18)29-4/h7-8,10-12,16H,5-6,9,13H2,1-4H3,(H,24,25)(H,26,30). The van der Waals surface area contributed by atoms with Crippen molar-refractivity contribution in [2.75, 3.05) is 32.6 Å². The van der Waals surface area contributed by atoms with E-state index < -0.39 is 0 Å². The second-order valence-electron chi connectivity index (χ2n) is 7.86. The molecule has 1 atom stereocenters. The number of piperidine rings is 1. The summed E-state index contributed by atoms with van der Waals surface area (Å²) in [4.78, 5) is 10.6. The number of ether oxygens (including phenoxy) is 2. The third-order valence-electron chi connectivity index (χ3n) is 5.86. The Kier molecular flexibility index (Phi) is 5.81. The Bertz CT molecular complexity index is 1040. The number of nitrogens with zero attached hydrogens (tertiary/aromatic N) is 2. The topological polar surface area (TPSA) is 62.4 Å². The number of aromatic nitrogens is 2. The Morgan fingerprint density at radius 1 is 1.17 bits per heavy atom. The fraction of sp³-hybridized carbons (Fsp3) is 0.391. The number of anilines is 1. The smallest absolute Gasteiger partial charge is 0.173 e. The Balaban J connectivity index is 1.49. The number of hydrogen-bond donors (Lipinski definition) is 2.